The molecule has 1 saturated heterocycles. The van der Waals surface area contributed by atoms with Crippen molar-refractivity contribution in [2.75, 3.05) is 43.5 Å². The lowest BCUT2D eigenvalue weighted by molar-refractivity contribution is -0.384. The molecule has 0 aliphatic carbocycles. The van der Waals surface area contributed by atoms with E-state index in [0.717, 1.165) is 25.9 Å². The Bertz CT molecular complexity index is 949. The number of aliphatic hydroxyl groups excluding tert-OH is 1. The van der Waals surface area contributed by atoms with Crippen LogP contribution in [0.5, 0.6) is 5.75 Å². The zero-order chi connectivity index (χ0) is 23.8. The number of hydrogen-bond donors (Lipinski definition) is 3. The number of nitrogens with two attached hydrogens (primary N) is 1. The SMILES string of the molecule is CCOC(=O)c1ccc(N(CC(O)COc2cccc([N+](=O)[O-])c2N)C2CCNCC2)nc1. The first kappa shape index (κ1) is 24.2. The number of benzene rings is 1. The van der Waals surface area contributed by atoms with Crippen LogP contribution in [0.15, 0.2) is 36.5 Å². The highest BCUT2D eigenvalue weighted by Crippen LogP contribution is 2.31. The molecule has 0 saturated carbocycles. The highest BCUT2D eigenvalue weighted by Gasteiger charge is 2.25. The molecule has 0 amide bonds. The first-order chi connectivity index (χ1) is 15.9. The predicted octanol–water partition coefficient (Wildman–Crippen LogP) is 1.75. The van der Waals surface area contributed by atoms with E-state index in [2.05, 4.69) is 10.3 Å². The summed E-state index contributed by atoms with van der Waals surface area (Å²) in [5.41, 5.74) is 5.86. The minimum atomic E-state index is -0.912. The second-order valence-corrected chi connectivity index (χ2v) is 7.67. The van der Waals surface area contributed by atoms with Crippen LogP contribution >= 0.6 is 0 Å². The number of aromatic nitrogens is 1. The number of nitrogen functional groups attached to an aromatic ring is 1. The maximum Gasteiger partial charge on any atom is 0.339 e. The molecule has 4 N–H and O–H groups in total. The number of nitrogens with zero attached hydrogens (tertiary/aromatic N) is 3. The number of hydrogen-bond acceptors (Lipinski definition) is 10. The smallest absolute Gasteiger partial charge is 0.339 e. The molecule has 1 aromatic carbocycles. The molecule has 1 unspecified atom stereocenters. The Morgan fingerprint density at radius 3 is 2.76 bits per heavy atom. The van der Waals surface area contributed by atoms with Crippen LogP contribution in [0.25, 0.3) is 0 Å². The van der Waals surface area contributed by atoms with Gasteiger partial charge in [-0.1, -0.05) is 6.07 Å². The number of carbonyl (C=O) groups excluding carboxylic acids is 1. The Hall–Kier alpha value is -3.44. The van der Waals surface area contributed by atoms with Crippen molar-refractivity contribution in [3.8, 4) is 5.75 Å². The second-order valence-electron chi connectivity index (χ2n) is 7.67. The van der Waals surface area contributed by atoms with Crippen molar-refractivity contribution < 1.29 is 24.3 Å². The summed E-state index contributed by atoms with van der Waals surface area (Å²) in [7, 11) is 0. The molecule has 2 heterocycles. The summed E-state index contributed by atoms with van der Waals surface area (Å²) in [6.45, 7) is 3.84. The van der Waals surface area contributed by atoms with Gasteiger partial charge in [0.05, 0.1) is 17.1 Å². The summed E-state index contributed by atoms with van der Waals surface area (Å²) in [4.78, 5) is 28.8. The lowest BCUT2D eigenvalue weighted by Crippen LogP contribution is -2.47. The van der Waals surface area contributed by atoms with E-state index in [9.17, 15) is 20.0 Å². The summed E-state index contributed by atoms with van der Waals surface area (Å²) in [6.07, 6.45) is 2.29. The van der Waals surface area contributed by atoms with E-state index < -0.39 is 17.0 Å². The summed E-state index contributed by atoms with van der Waals surface area (Å²) in [5.74, 6) is 0.338. The van der Waals surface area contributed by atoms with Crippen molar-refractivity contribution in [1.82, 2.24) is 10.3 Å². The van der Waals surface area contributed by atoms with E-state index >= 15 is 0 Å². The summed E-state index contributed by atoms with van der Waals surface area (Å²) < 4.78 is 10.6. The molecule has 0 spiro atoms. The average Bonchev–Trinajstić information content (AvgIpc) is 2.82. The molecule has 11 nitrogen and oxygen atoms in total. The van der Waals surface area contributed by atoms with E-state index in [4.69, 9.17) is 15.2 Å². The molecule has 1 aliphatic heterocycles. The van der Waals surface area contributed by atoms with Crippen LogP contribution in [0.1, 0.15) is 30.1 Å². The van der Waals surface area contributed by atoms with Crippen LogP contribution in [0.2, 0.25) is 0 Å². The van der Waals surface area contributed by atoms with Crippen molar-refractivity contribution in [2.45, 2.75) is 31.9 Å². The third-order valence-corrected chi connectivity index (χ3v) is 5.38. The fourth-order valence-electron chi connectivity index (χ4n) is 3.72. The number of nitrogens with one attached hydrogen (secondary N) is 1. The number of para-hydroxylation sites is 1. The van der Waals surface area contributed by atoms with Crippen molar-refractivity contribution >= 4 is 23.2 Å². The number of nitro groups is 1. The van der Waals surface area contributed by atoms with Crippen molar-refractivity contribution in [3.05, 3.63) is 52.2 Å². The number of rotatable bonds is 10. The molecule has 178 valence electrons. The topological polar surface area (TPSA) is 153 Å². The standard InChI is InChI=1S/C22H29N5O6/c1-2-32-22(29)15-6-7-20(25-12-15)26(16-8-10-24-11-9-16)13-17(28)14-33-19-5-3-4-18(21(19)23)27(30)31/h3-7,12,16-17,24,28H,2,8-11,13-14,23H2,1H3. The maximum absolute atomic E-state index is 11.9. The first-order valence-corrected chi connectivity index (χ1v) is 10.8. The summed E-state index contributed by atoms with van der Waals surface area (Å²) in [6, 6.07) is 7.83. The van der Waals surface area contributed by atoms with Gasteiger partial charge >= 0.3 is 5.97 Å². The number of esters is 1. The van der Waals surface area contributed by atoms with Crippen LogP contribution in [0.4, 0.5) is 17.2 Å². The van der Waals surface area contributed by atoms with Crippen LogP contribution in [-0.2, 0) is 4.74 Å². The normalized spacial score (nSPS) is 15.0. The van der Waals surface area contributed by atoms with Gasteiger partial charge in [-0.05, 0) is 51.1 Å². The van der Waals surface area contributed by atoms with Gasteiger partial charge < -0.3 is 30.5 Å². The van der Waals surface area contributed by atoms with Crippen LogP contribution in [0.3, 0.4) is 0 Å². The zero-order valence-corrected chi connectivity index (χ0v) is 18.5. The van der Waals surface area contributed by atoms with Crippen LogP contribution in [0, 0.1) is 10.1 Å². The Morgan fingerprint density at radius 2 is 2.12 bits per heavy atom. The molecular weight excluding hydrogens is 430 g/mol. The summed E-state index contributed by atoms with van der Waals surface area (Å²) in [5, 5.41) is 25.1. The van der Waals surface area contributed by atoms with Gasteiger partial charge in [-0.15, -0.1) is 0 Å². The average molecular weight is 460 g/mol. The van der Waals surface area contributed by atoms with E-state index in [-0.39, 0.29) is 42.9 Å². The Morgan fingerprint density at radius 1 is 1.36 bits per heavy atom. The molecule has 1 aliphatic rings. The third-order valence-electron chi connectivity index (χ3n) is 5.38. The monoisotopic (exact) mass is 459 g/mol. The number of aliphatic hydroxyl groups is 1. The highest BCUT2D eigenvalue weighted by molar-refractivity contribution is 5.89. The van der Waals surface area contributed by atoms with Crippen LogP contribution < -0.4 is 20.7 Å². The Kier molecular flexibility index (Phi) is 8.39. The second kappa shape index (κ2) is 11.4. The number of anilines is 2. The van der Waals surface area contributed by atoms with E-state index in [1.54, 1.807) is 19.1 Å². The summed E-state index contributed by atoms with van der Waals surface area (Å²) >= 11 is 0. The van der Waals surface area contributed by atoms with Crippen molar-refractivity contribution in [1.29, 1.82) is 0 Å². The van der Waals surface area contributed by atoms with Gasteiger partial charge in [-0.3, -0.25) is 10.1 Å². The Labute approximate surface area is 191 Å². The quantitative estimate of drug-likeness (QED) is 0.207. The molecule has 0 radical (unpaired) electrons. The van der Waals surface area contributed by atoms with Gasteiger partial charge in [0.2, 0.25) is 0 Å². The molecular formula is C22H29N5O6. The number of pyridine rings is 1. The zero-order valence-electron chi connectivity index (χ0n) is 18.5. The van der Waals surface area contributed by atoms with Gasteiger partial charge in [-0.25, -0.2) is 9.78 Å². The Balaban J connectivity index is 1.71. The predicted molar refractivity (Wildman–Crippen MR) is 122 cm³/mol. The van der Waals surface area contributed by atoms with Crippen LogP contribution in [-0.4, -0.2) is 66.0 Å². The highest BCUT2D eigenvalue weighted by atomic mass is 16.6. The number of ether oxygens (including phenoxy) is 2. The van der Waals surface area contributed by atoms with Gasteiger partial charge in [0.1, 0.15) is 24.3 Å². The van der Waals surface area contributed by atoms with E-state index in [0.29, 0.717) is 11.4 Å². The molecule has 0 bridgehead atoms. The molecule has 33 heavy (non-hydrogen) atoms. The van der Waals surface area contributed by atoms with E-state index in [1.165, 1.54) is 24.4 Å². The molecule has 2 aromatic rings. The largest absolute Gasteiger partial charge is 0.488 e. The first-order valence-electron chi connectivity index (χ1n) is 10.8. The van der Waals surface area contributed by atoms with Gasteiger partial charge in [0.15, 0.2) is 5.69 Å². The van der Waals surface area contributed by atoms with Crippen molar-refractivity contribution in [2.24, 2.45) is 0 Å². The maximum atomic E-state index is 11.9. The molecule has 3 rings (SSSR count). The molecule has 11 heteroatoms. The molecule has 1 atom stereocenters. The molecule has 1 aromatic heterocycles. The van der Waals surface area contributed by atoms with Gasteiger partial charge in [-0.2, -0.15) is 0 Å². The number of piperidine rings is 1. The van der Waals surface area contributed by atoms with Crippen molar-refractivity contribution in [3.63, 3.8) is 0 Å². The number of nitro benzene ring substituents is 1. The lowest BCUT2D eigenvalue weighted by Gasteiger charge is -2.36. The van der Waals surface area contributed by atoms with Gasteiger partial charge in [0, 0.05) is 24.8 Å². The van der Waals surface area contributed by atoms with E-state index in [1.807, 2.05) is 4.90 Å². The number of carbonyl (C=O) groups is 1. The minimum Gasteiger partial charge on any atom is -0.488 e. The minimum absolute atomic E-state index is 0.0823. The molecule has 1 fully saturated rings. The fourth-order valence-corrected chi connectivity index (χ4v) is 3.72. The fraction of sp³-hybridized carbons (Fsp3) is 0.455. The lowest BCUT2D eigenvalue weighted by atomic mass is 10.0. The third kappa shape index (κ3) is 6.30. The van der Waals surface area contributed by atoms with Gasteiger partial charge in [0.25, 0.3) is 5.69 Å².